The van der Waals surface area contributed by atoms with Crippen molar-refractivity contribution in [3.05, 3.63) is 29.8 Å². The third kappa shape index (κ3) is 1.50. The molecule has 4 nitrogen and oxygen atoms in total. The van der Waals surface area contributed by atoms with E-state index in [0.29, 0.717) is 25.9 Å². The van der Waals surface area contributed by atoms with Crippen molar-refractivity contribution in [2.75, 3.05) is 6.61 Å². The molecule has 2 heterocycles. The molecular weight excluding hydrogens is 244 g/mol. The van der Waals surface area contributed by atoms with Crippen molar-refractivity contribution in [3.8, 4) is 5.75 Å². The van der Waals surface area contributed by atoms with E-state index in [1.807, 2.05) is 24.3 Å². The summed E-state index contributed by atoms with van der Waals surface area (Å²) in [5.74, 6) is 1.08. The fraction of sp³-hybridized carbons (Fsp3) is 0.533. The van der Waals surface area contributed by atoms with Crippen LogP contribution >= 0.6 is 0 Å². The van der Waals surface area contributed by atoms with Crippen LogP contribution in [0.2, 0.25) is 0 Å². The molecule has 1 N–H and O–H groups in total. The first-order valence-corrected chi connectivity index (χ1v) is 6.80. The quantitative estimate of drug-likeness (QED) is 0.766. The lowest BCUT2D eigenvalue weighted by atomic mass is 9.71. The molecule has 2 aliphatic heterocycles. The summed E-state index contributed by atoms with van der Waals surface area (Å²) >= 11 is 0. The molecule has 100 valence electrons. The zero-order valence-electron chi connectivity index (χ0n) is 10.5. The Morgan fingerprint density at radius 2 is 2.16 bits per heavy atom. The molecule has 1 saturated carbocycles. The minimum Gasteiger partial charge on any atom is -0.486 e. The second kappa shape index (κ2) is 3.81. The van der Waals surface area contributed by atoms with Gasteiger partial charge in [0.25, 0.3) is 0 Å². The zero-order valence-corrected chi connectivity index (χ0v) is 10.5. The Hall–Kier alpha value is -1.39. The van der Waals surface area contributed by atoms with Crippen LogP contribution in [0.1, 0.15) is 30.7 Å². The Kier molecular flexibility index (Phi) is 2.29. The number of benzene rings is 1. The first-order valence-electron chi connectivity index (χ1n) is 6.80. The monoisotopic (exact) mass is 260 g/mol. The van der Waals surface area contributed by atoms with Crippen LogP contribution in [0.4, 0.5) is 0 Å². The number of hydrogen-bond donors (Lipinski definition) is 1. The van der Waals surface area contributed by atoms with Crippen LogP contribution in [-0.4, -0.2) is 35.3 Å². The van der Waals surface area contributed by atoms with Crippen molar-refractivity contribution in [2.24, 2.45) is 0 Å². The van der Waals surface area contributed by atoms with Crippen LogP contribution in [0.5, 0.6) is 5.75 Å². The number of ether oxygens (including phenoxy) is 2. The number of hydrogen-bond acceptors (Lipinski definition) is 4. The van der Waals surface area contributed by atoms with Gasteiger partial charge in [0.1, 0.15) is 23.2 Å². The van der Waals surface area contributed by atoms with Crippen LogP contribution < -0.4 is 4.74 Å². The normalized spacial score (nSPS) is 40.1. The standard InChI is InChI=1S/C15H16O4/c16-9-5-6-15(17)13(7-9)18-8-11-10-3-1-2-4-12(10)19-14(11)15/h1-4,11,13-14,17H,5-8H2/t11-,13+,14+,15+/m0/s1. The van der Waals surface area contributed by atoms with E-state index in [1.54, 1.807) is 0 Å². The Morgan fingerprint density at radius 3 is 3.05 bits per heavy atom. The minimum atomic E-state index is -1.03. The van der Waals surface area contributed by atoms with Crippen LogP contribution in [-0.2, 0) is 9.53 Å². The van der Waals surface area contributed by atoms with E-state index >= 15 is 0 Å². The first kappa shape index (κ1) is 11.4. The lowest BCUT2D eigenvalue weighted by Gasteiger charge is -2.47. The van der Waals surface area contributed by atoms with E-state index in [9.17, 15) is 9.90 Å². The first-order chi connectivity index (χ1) is 9.18. The van der Waals surface area contributed by atoms with E-state index in [2.05, 4.69) is 0 Å². The van der Waals surface area contributed by atoms with Gasteiger partial charge in [-0.05, 0) is 12.5 Å². The highest BCUT2D eigenvalue weighted by Crippen LogP contribution is 2.49. The van der Waals surface area contributed by atoms with Gasteiger partial charge in [-0.3, -0.25) is 4.79 Å². The Morgan fingerprint density at radius 1 is 1.32 bits per heavy atom. The average molecular weight is 260 g/mol. The van der Waals surface area contributed by atoms with Gasteiger partial charge in [-0.1, -0.05) is 18.2 Å². The summed E-state index contributed by atoms with van der Waals surface area (Å²) in [6, 6.07) is 7.87. The predicted octanol–water partition coefficient (Wildman–Crippen LogP) is 1.41. The van der Waals surface area contributed by atoms with Gasteiger partial charge in [0.05, 0.1) is 18.6 Å². The number of carbonyl (C=O) groups is 1. The highest BCUT2D eigenvalue weighted by Gasteiger charge is 2.58. The molecular formula is C15H16O4. The van der Waals surface area contributed by atoms with Crippen LogP contribution in [0.3, 0.4) is 0 Å². The Balaban J connectivity index is 1.72. The molecule has 1 aromatic carbocycles. The molecule has 4 rings (SSSR count). The summed E-state index contributed by atoms with van der Waals surface area (Å²) < 4.78 is 11.8. The molecule has 0 spiro atoms. The number of carbonyl (C=O) groups excluding carboxylic acids is 1. The SMILES string of the molecule is O=C1CC[C@]2(O)[C@@H]3Oc4ccccc4[C@@H]3CO[C@@H]2C1. The second-order valence-electron chi connectivity index (χ2n) is 5.74. The van der Waals surface area contributed by atoms with E-state index in [-0.39, 0.29) is 17.8 Å². The van der Waals surface area contributed by atoms with Crippen molar-refractivity contribution >= 4 is 5.78 Å². The van der Waals surface area contributed by atoms with Gasteiger partial charge in [0, 0.05) is 18.4 Å². The molecule has 0 radical (unpaired) electrons. The van der Waals surface area contributed by atoms with Gasteiger partial charge in [-0.25, -0.2) is 0 Å². The fourth-order valence-corrected chi connectivity index (χ4v) is 3.64. The topological polar surface area (TPSA) is 55.8 Å². The van der Waals surface area contributed by atoms with E-state index < -0.39 is 11.7 Å². The van der Waals surface area contributed by atoms with Crippen LogP contribution in [0, 0.1) is 0 Å². The number of fused-ring (bicyclic) bond motifs is 5. The second-order valence-corrected chi connectivity index (χ2v) is 5.74. The van der Waals surface area contributed by atoms with Gasteiger partial charge in [0.15, 0.2) is 0 Å². The van der Waals surface area contributed by atoms with Gasteiger partial charge < -0.3 is 14.6 Å². The summed E-state index contributed by atoms with van der Waals surface area (Å²) in [6.07, 6.45) is 0.464. The molecule has 1 aromatic rings. The smallest absolute Gasteiger partial charge is 0.139 e. The lowest BCUT2D eigenvalue weighted by Crippen LogP contribution is -2.62. The van der Waals surface area contributed by atoms with Crippen molar-refractivity contribution in [3.63, 3.8) is 0 Å². The minimum absolute atomic E-state index is 0.0747. The molecule has 0 aromatic heterocycles. The summed E-state index contributed by atoms with van der Waals surface area (Å²) in [5.41, 5.74) is 0.0758. The van der Waals surface area contributed by atoms with E-state index in [4.69, 9.17) is 9.47 Å². The van der Waals surface area contributed by atoms with Crippen molar-refractivity contribution < 1.29 is 19.4 Å². The van der Waals surface area contributed by atoms with Gasteiger partial charge in [-0.2, -0.15) is 0 Å². The molecule has 0 bridgehead atoms. The number of Topliss-reactive ketones (excluding diaryl/α,β-unsaturated/α-hetero) is 1. The molecule has 2 fully saturated rings. The van der Waals surface area contributed by atoms with Crippen LogP contribution in [0.15, 0.2) is 24.3 Å². The third-order valence-electron chi connectivity index (χ3n) is 4.68. The van der Waals surface area contributed by atoms with Gasteiger partial charge >= 0.3 is 0 Å². The molecule has 4 heteroatoms. The Bertz CT molecular complexity index is 541. The summed E-state index contributed by atoms with van der Waals surface area (Å²) in [5, 5.41) is 10.9. The Labute approximate surface area is 111 Å². The maximum atomic E-state index is 11.5. The molecule has 1 aliphatic carbocycles. The molecule has 0 unspecified atom stereocenters. The molecule has 3 aliphatic rings. The average Bonchev–Trinajstić information content (AvgIpc) is 2.80. The maximum absolute atomic E-state index is 11.5. The highest BCUT2D eigenvalue weighted by atomic mass is 16.5. The fourth-order valence-electron chi connectivity index (χ4n) is 3.64. The summed E-state index contributed by atoms with van der Waals surface area (Å²) in [6.45, 7) is 0.516. The van der Waals surface area contributed by atoms with Crippen molar-refractivity contribution in [1.29, 1.82) is 0 Å². The van der Waals surface area contributed by atoms with Crippen LogP contribution in [0.25, 0.3) is 0 Å². The molecule has 1 saturated heterocycles. The maximum Gasteiger partial charge on any atom is 0.139 e. The van der Waals surface area contributed by atoms with E-state index in [0.717, 1.165) is 11.3 Å². The van der Waals surface area contributed by atoms with Crippen molar-refractivity contribution in [2.45, 2.75) is 43.0 Å². The largest absolute Gasteiger partial charge is 0.486 e. The third-order valence-corrected chi connectivity index (χ3v) is 4.68. The van der Waals surface area contributed by atoms with Crippen molar-refractivity contribution in [1.82, 2.24) is 0 Å². The summed E-state index contributed by atoms with van der Waals surface area (Å²) in [7, 11) is 0. The van der Waals surface area contributed by atoms with Gasteiger partial charge in [0.2, 0.25) is 0 Å². The lowest BCUT2D eigenvalue weighted by molar-refractivity contribution is -0.210. The number of rotatable bonds is 0. The highest BCUT2D eigenvalue weighted by molar-refractivity contribution is 5.80. The molecule has 0 amide bonds. The zero-order chi connectivity index (χ0) is 13.0. The predicted molar refractivity (Wildman–Crippen MR) is 67.1 cm³/mol. The molecule has 4 atom stereocenters. The molecule has 19 heavy (non-hydrogen) atoms. The van der Waals surface area contributed by atoms with E-state index in [1.165, 1.54) is 0 Å². The number of para-hydroxylation sites is 1. The van der Waals surface area contributed by atoms with Gasteiger partial charge in [-0.15, -0.1) is 0 Å². The number of ketones is 1. The summed E-state index contributed by atoms with van der Waals surface area (Å²) in [4.78, 5) is 11.5. The number of aliphatic hydroxyl groups is 1.